The Bertz CT molecular complexity index is 295. The van der Waals surface area contributed by atoms with Gasteiger partial charge >= 0.3 is 0 Å². The first-order valence-corrected chi connectivity index (χ1v) is 6.87. The van der Waals surface area contributed by atoms with Gasteiger partial charge in [0.15, 0.2) is 0 Å². The number of unbranched alkanes of at least 4 members (excludes halogenated alkanes) is 1. The van der Waals surface area contributed by atoms with Crippen LogP contribution in [-0.4, -0.2) is 23.1 Å². The molecule has 0 unspecified atom stereocenters. The number of hydrogen-bond donors (Lipinski definition) is 0. The van der Waals surface area contributed by atoms with Crippen molar-refractivity contribution in [2.45, 2.75) is 52.9 Å². The van der Waals surface area contributed by atoms with E-state index in [1.54, 1.807) is 0 Å². The van der Waals surface area contributed by atoms with Gasteiger partial charge in [-0.1, -0.05) is 33.6 Å². The zero-order valence-electron chi connectivity index (χ0n) is 11.4. The first kappa shape index (κ1) is 13.9. The summed E-state index contributed by atoms with van der Waals surface area (Å²) in [6.45, 7) is 8.71. The highest BCUT2D eigenvalue weighted by Crippen LogP contribution is 2.10. The Morgan fingerprint density at radius 2 is 1.65 bits per heavy atom. The molecule has 1 aromatic rings. The first-order chi connectivity index (χ1) is 8.31. The summed E-state index contributed by atoms with van der Waals surface area (Å²) in [5, 5.41) is 0. The van der Waals surface area contributed by atoms with E-state index in [4.69, 9.17) is 0 Å². The molecule has 1 rings (SSSR count). The zero-order chi connectivity index (χ0) is 12.5. The highest BCUT2D eigenvalue weighted by atomic mass is 15.2. The van der Waals surface area contributed by atoms with E-state index >= 15 is 0 Å². The summed E-state index contributed by atoms with van der Waals surface area (Å²) >= 11 is 0. The molecule has 0 aliphatic heterocycles. The molecule has 0 amide bonds. The third-order valence-electron chi connectivity index (χ3n) is 2.79. The quantitative estimate of drug-likeness (QED) is 0.691. The number of rotatable bonds is 8. The fraction of sp³-hybridized carbons (Fsp3) is 0.714. The average Bonchev–Trinajstić information content (AvgIpc) is 2.36. The molecule has 0 atom stereocenters. The fourth-order valence-corrected chi connectivity index (χ4v) is 1.86. The molecule has 3 heteroatoms. The minimum absolute atomic E-state index is 0.889. The van der Waals surface area contributed by atoms with Crippen LogP contribution in [0.4, 0.5) is 5.95 Å². The highest BCUT2D eigenvalue weighted by Gasteiger charge is 2.07. The Hall–Kier alpha value is -1.12. The Kier molecular flexibility index (Phi) is 6.60. The van der Waals surface area contributed by atoms with Gasteiger partial charge in [0.2, 0.25) is 5.95 Å². The second-order valence-electron chi connectivity index (χ2n) is 4.48. The summed E-state index contributed by atoms with van der Waals surface area (Å²) in [7, 11) is 0. The molecule has 0 radical (unpaired) electrons. The third-order valence-corrected chi connectivity index (χ3v) is 2.79. The van der Waals surface area contributed by atoms with Gasteiger partial charge in [0.1, 0.15) is 0 Å². The predicted octanol–water partition coefficient (Wildman–Crippen LogP) is 3.45. The van der Waals surface area contributed by atoms with Gasteiger partial charge in [-0.05, 0) is 24.8 Å². The van der Waals surface area contributed by atoms with E-state index in [0.29, 0.717) is 0 Å². The van der Waals surface area contributed by atoms with E-state index < -0.39 is 0 Å². The third kappa shape index (κ3) is 4.72. The van der Waals surface area contributed by atoms with Crippen LogP contribution in [0.3, 0.4) is 0 Å². The van der Waals surface area contributed by atoms with Crippen molar-refractivity contribution in [2.75, 3.05) is 18.0 Å². The molecule has 1 heterocycles. The lowest BCUT2D eigenvalue weighted by molar-refractivity contribution is 0.685. The maximum atomic E-state index is 4.48. The van der Waals surface area contributed by atoms with Crippen LogP contribution < -0.4 is 4.90 Å². The van der Waals surface area contributed by atoms with E-state index in [0.717, 1.165) is 38.3 Å². The molecule has 0 aromatic carbocycles. The van der Waals surface area contributed by atoms with E-state index in [2.05, 4.69) is 35.6 Å². The van der Waals surface area contributed by atoms with Crippen molar-refractivity contribution in [2.24, 2.45) is 0 Å². The van der Waals surface area contributed by atoms with Crippen molar-refractivity contribution in [1.29, 1.82) is 0 Å². The van der Waals surface area contributed by atoms with Crippen LogP contribution in [0.25, 0.3) is 0 Å². The molecule has 0 bridgehead atoms. The molecule has 0 saturated carbocycles. The van der Waals surface area contributed by atoms with Crippen LogP contribution in [0.15, 0.2) is 12.4 Å². The molecule has 96 valence electrons. The summed E-state index contributed by atoms with van der Waals surface area (Å²) < 4.78 is 0. The average molecular weight is 235 g/mol. The van der Waals surface area contributed by atoms with Gasteiger partial charge in [-0.15, -0.1) is 0 Å². The maximum Gasteiger partial charge on any atom is 0.225 e. The second kappa shape index (κ2) is 8.04. The van der Waals surface area contributed by atoms with Gasteiger partial charge < -0.3 is 4.90 Å². The number of hydrogen-bond acceptors (Lipinski definition) is 3. The molecule has 0 fully saturated rings. The zero-order valence-corrected chi connectivity index (χ0v) is 11.4. The van der Waals surface area contributed by atoms with Crippen molar-refractivity contribution in [1.82, 2.24) is 9.97 Å². The summed E-state index contributed by atoms with van der Waals surface area (Å²) in [5.41, 5.74) is 1.24. The Labute approximate surface area is 105 Å². The van der Waals surface area contributed by atoms with Crippen LogP contribution >= 0.6 is 0 Å². The van der Waals surface area contributed by atoms with Gasteiger partial charge in [-0.2, -0.15) is 0 Å². The molecule has 0 N–H and O–H groups in total. The van der Waals surface area contributed by atoms with E-state index in [9.17, 15) is 0 Å². The van der Waals surface area contributed by atoms with E-state index in [-0.39, 0.29) is 0 Å². The van der Waals surface area contributed by atoms with Gasteiger partial charge in [-0.25, -0.2) is 9.97 Å². The monoisotopic (exact) mass is 235 g/mol. The van der Waals surface area contributed by atoms with Gasteiger partial charge in [0, 0.05) is 25.5 Å². The summed E-state index contributed by atoms with van der Waals surface area (Å²) in [4.78, 5) is 11.3. The normalized spacial score (nSPS) is 10.5. The first-order valence-electron chi connectivity index (χ1n) is 6.87. The lowest BCUT2D eigenvalue weighted by atomic mass is 10.2. The second-order valence-corrected chi connectivity index (χ2v) is 4.48. The Morgan fingerprint density at radius 3 is 2.18 bits per heavy atom. The molecule has 3 nitrogen and oxygen atoms in total. The van der Waals surface area contributed by atoms with Crippen LogP contribution in [-0.2, 0) is 6.42 Å². The van der Waals surface area contributed by atoms with Crippen LogP contribution in [0.5, 0.6) is 0 Å². The fourth-order valence-electron chi connectivity index (χ4n) is 1.86. The minimum atomic E-state index is 0.889. The van der Waals surface area contributed by atoms with Crippen molar-refractivity contribution in [3.05, 3.63) is 18.0 Å². The predicted molar refractivity (Wildman–Crippen MR) is 73.4 cm³/mol. The standard InChI is InChI=1S/C14H25N3/c1-4-7-10-17(9-6-3)14-15-11-13(8-5-2)12-16-14/h11-12H,4-10H2,1-3H3. The van der Waals surface area contributed by atoms with Crippen LogP contribution in [0.1, 0.15) is 52.0 Å². The molecule has 0 saturated heterocycles. The number of anilines is 1. The topological polar surface area (TPSA) is 29.0 Å². The summed E-state index contributed by atoms with van der Waals surface area (Å²) in [6, 6.07) is 0. The van der Waals surface area contributed by atoms with Crippen molar-refractivity contribution in [3.63, 3.8) is 0 Å². The lowest BCUT2D eigenvalue weighted by Crippen LogP contribution is -2.27. The number of aryl methyl sites for hydroxylation is 1. The summed E-state index contributed by atoms with van der Waals surface area (Å²) in [6.07, 6.45) is 9.74. The van der Waals surface area contributed by atoms with Crippen molar-refractivity contribution >= 4 is 5.95 Å². The van der Waals surface area contributed by atoms with Crippen molar-refractivity contribution in [3.8, 4) is 0 Å². The largest absolute Gasteiger partial charge is 0.341 e. The molecule has 0 spiro atoms. The maximum absolute atomic E-state index is 4.48. The van der Waals surface area contributed by atoms with E-state index in [1.165, 1.54) is 18.4 Å². The SMILES string of the molecule is CCCCN(CCC)c1ncc(CCC)cn1. The van der Waals surface area contributed by atoms with Crippen LogP contribution in [0.2, 0.25) is 0 Å². The van der Waals surface area contributed by atoms with E-state index in [1.807, 2.05) is 12.4 Å². The van der Waals surface area contributed by atoms with Crippen molar-refractivity contribution < 1.29 is 0 Å². The van der Waals surface area contributed by atoms with Gasteiger partial charge in [0.25, 0.3) is 0 Å². The molecule has 0 aliphatic carbocycles. The molecule has 17 heavy (non-hydrogen) atoms. The molecule has 1 aromatic heterocycles. The Morgan fingerprint density at radius 1 is 0.941 bits per heavy atom. The highest BCUT2D eigenvalue weighted by molar-refractivity contribution is 5.29. The lowest BCUT2D eigenvalue weighted by Gasteiger charge is -2.21. The molecule has 0 aliphatic rings. The Balaban J connectivity index is 2.65. The van der Waals surface area contributed by atoms with Gasteiger partial charge in [-0.3, -0.25) is 0 Å². The smallest absolute Gasteiger partial charge is 0.225 e. The van der Waals surface area contributed by atoms with Crippen LogP contribution in [0, 0.1) is 0 Å². The minimum Gasteiger partial charge on any atom is -0.341 e. The number of nitrogens with zero attached hydrogens (tertiary/aromatic N) is 3. The van der Waals surface area contributed by atoms with Gasteiger partial charge in [0.05, 0.1) is 0 Å². The summed E-state index contributed by atoms with van der Waals surface area (Å²) in [5.74, 6) is 0.889. The molecular weight excluding hydrogens is 210 g/mol. The number of aromatic nitrogens is 2. The molecular formula is C14H25N3.